The van der Waals surface area contributed by atoms with Gasteiger partial charge in [0.15, 0.2) is 0 Å². The Hall–Kier alpha value is -3.17. The Labute approximate surface area is 174 Å². The van der Waals surface area contributed by atoms with Crippen LogP contribution in [0.5, 0.6) is 0 Å². The summed E-state index contributed by atoms with van der Waals surface area (Å²) in [6.45, 7) is 0.282. The summed E-state index contributed by atoms with van der Waals surface area (Å²) in [4.78, 5) is 14.4. The van der Waals surface area contributed by atoms with Crippen LogP contribution in [0.2, 0.25) is 0 Å². The van der Waals surface area contributed by atoms with Crippen molar-refractivity contribution in [3.05, 3.63) is 84.1 Å². The number of halogens is 1. The molecule has 0 unspecified atom stereocenters. The first kappa shape index (κ1) is 21.5. The predicted molar refractivity (Wildman–Crippen MR) is 111 cm³/mol. The van der Waals surface area contributed by atoms with Crippen molar-refractivity contribution in [2.75, 3.05) is 25.4 Å². The number of anilines is 1. The topological polar surface area (TPSA) is 91.7 Å². The lowest BCUT2D eigenvalue weighted by Gasteiger charge is -2.22. The van der Waals surface area contributed by atoms with E-state index in [1.54, 1.807) is 12.3 Å². The standard InChI is InChI=1S/C21H22FN3O4S/c1-25(2)19(20-7-4-12-29-20)14-23-21(26)15-5-3-6-18(13-15)30(27,28)24-17-10-8-16(22)9-11-17/h3-13,19,24H,14H2,1-2H3,(H,23,26)/t19-/m1/s1. The maximum atomic E-state index is 13.0. The first-order chi connectivity index (χ1) is 14.3. The van der Waals surface area contributed by atoms with Gasteiger partial charge in [-0.1, -0.05) is 6.07 Å². The monoisotopic (exact) mass is 431 g/mol. The Morgan fingerprint density at radius 3 is 2.47 bits per heavy atom. The molecule has 1 amide bonds. The summed E-state index contributed by atoms with van der Waals surface area (Å²) in [5, 5.41) is 2.81. The predicted octanol–water partition coefficient (Wildman–Crippen LogP) is 3.25. The van der Waals surface area contributed by atoms with Crippen LogP contribution in [0.25, 0.3) is 0 Å². The number of nitrogens with zero attached hydrogens (tertiary/aromatic N) is 1. The highest BCUT2D eigenvalue weighted by atomic mass is 32.2. The van der Waals surface area contributed by atoms with E-state index in [4.69, 9.17) is 4.42 Å². The van der Waals surface area contributed by atoms with E-state index < -0.39 is 21.7 Å². The molecule has 0 radical (unpaired) electrons. The van der Waals surface area contributed by atoms with Crippen LogP contribution in [0.4, 0.5) is 10.1 Å². The quantitative estimate of drug-likeness (QED) is 0.571. The second-order valence-electron chi connectivity index (χ2n) is 6.85. The van der Waals surface area contributed by atoms with Crippen molar-refractivity contribution in [1.82, 2.24) is 10.2 Å². The van der Waals surface area contributed by atoms with Crippen molar-refractivity contribution in [2.24, 2.45) is 0 Å². The van der Waals surface area contributed by atoms with Gasteiger partial charge in [-0.2, -0.15) is 0 Å². The summed E-state index contributed by atoms with van der Waals surface area (Å²) < 4.78 is 46.0. The molecule has 0 aliphatic rings. The van der Waals surface area contributed by atoms with E-state index in [1.165, 1.54) is 36.4 Å². The van der Waals surface area contributed by atoms with Gasteiger partial charge in [0.1, 0.15) is 11.6 Å². The average Bonchev–Trinajstić information content (AvgIpc) is 3.24. The highest BCUT2D eigenvalue weighted by Crippen LogP contribution is 2.19. The number of amides is 1. The number of rotatable bonds is 8. The van der Waals surface area contributed by atoms with E-state index in [1.807, 2.05) is 25.1 Å². The van der Waals surface area contributed by atoms with E-state index >= 15 is 0 Å². The van der Waals surface area contributed by atoms with Crippen molar-refractivity contribution >= 4 is 21.6 Å². The van der Waals surface area contributed by atoms with Crippen LogP contribution < -0.4 is 10.0 Å². The molecule has 0 aliphatic carbocycles. The highest BCUT2D eigenvalue weighted by molar-refractivity contribution is 7.92. The van der Waals surface area contributed by atoms with E-state index in [2.05, 4.69) is 10.0 Å². The number of sulfonamides is 1. The zero-order valence-electron chi connectivity index (χ0n) is 16.5. The SMILES string of the molecule is CN(C)[C@H](CNC(=O)c1cccc(S(=O)(=O)Nc2ccc(F)cc2)c1)c1ccco1. The molecule has 2 aromatic carbocycles. The molecule has 0 spiro atoms. The molecule has 1 atom stereocenters. The summed E-state index contributed by atoms with van der Waals surface area (Å²) in [7, 11) is -0.201. The molecular formula is C21H22FN3O4S. The van der Waals surface area contributed by atoms with Gasteiger partial charge in [-0.3, -0.25) is 14.4 Å². The number of carbonyl (C=O) groups excluding carboxylic acids is 1. The molecule has 1 heterocycles. The normalized spacial score (nSPS) is 12.5. The molecule has 0 saturated heterocycles. The van der Waals surface area contributed by atoms with Gasteiger partial charge in [0.25, 0.3) is 15.9 Å². The minimum Gasteiger partial charge on any atom is -0.468 e. The molecule has 7 nitrogen and oxygen atoms in total. The number of hydrogen-bond donors (Lipinski definition) is 2. The molecule has 3 aromatic rings. The van der Waals surface area contributed by atoms with Gasteiger partial charge in [0, 0.05) is 17.8 Å². The molecule has 0 fully saturated rings. The number of benzene rings is 2. The van der Waals surface area contributed by atoms with Gasteiger partial charge in [-0.15, -0.1) is 0 Å². The summed E-state index contributed by atoms with van der Waals surface area (Å²) in [6, 6.07) is 14.1. The summed E-state index contributed by atoms with van der Waals surface area (Å²) >= 11 is 0. The third-order valence-corrected chi connectivity index (χ3v) is 5.83. The number of furan rings is 1. The van der Waals surface area contributed by atoms with E-state index in [0.29, 0.717) is 5.76 Å². The maximum absolute atomic E-state index is 13.0. The molecule has 158 valence electrons. The first-order valence-corrected chi connectivity index (χ1v) is 10.6. The van der Waals surface area contributed by atoms with E-state index in [9.17, 15) is 17.6 Å². The van der Waals surface area contributed by atoms with Gasteiger partial charge in [-0.25, -0.2) is 12.8 Å². The molecular weight excluding hydrogens is 409 g/mol. The van der Waals surface area contributed by atoms with Crippen molar-refractivity contribution in [2.45, 2.75) is 10.9 Å². The Balaban J connectivity index is 1.72. The first-order valence-electron chi connectivity index (χ1n) is 9.13. The van der Waals surface area contributed by atoms with Crippen LogP contribution in [0.3, 0.4) is 0 Å². The second-order valence-corrected chi connectivity index (χ2v) is 8.53. The smallest absolute Gasteiger partial charge is 0.261 e. The summed E-state index contributed by atoms with van der Waals surface area (Å²) in [5.41, 5.74) is 0.424. The van der Waals surface area contributed by atoms with Crippen LogP contribution >= 0.6 is 0 Å². The molecule has 2 N–H and O–H groups in total. The molecule has 1 aromatic heterocycles. The second kappa shape index (κ2) is 9.10. The third kappa shape index (κ3) is 5.25. The van der Waals surface area contributed by atoms with Crippen LogP contribution in [0, 0.1) is 5.82 Å². The Bertz CT molecular complexity index is 1100. The molecule has 9 heteroatoms. The van der Waals surface area contributed by atoms with Crippen molar-refractivity contribution in [3.8, 4) is 0 Å². The molecule has 3 rings (SSSR count). The number of hydrogen-bond acceptors (Lipinski definition) is 5. The average molecular weight is 431 g/mol. The minimum absolute atomic E-state index is 0.0744. The van der Waals surface area contributed by atoms with E-state index in [0.717, 1.165) is 12.1 Å². The zero-order valence-corrected chi connectivity index (χ0v) is 17.3. The fourth-order valence-corrected chi connectivity index (χ4v) is 3.95. The van der Waals surface area contributed by atoms with Crippen LogP contribution in [-0.2, 0) is 10.0 Å². The lowest BCUT2D eigenvalue weighted by Crippen LogP contribution is -2.34. The maximum Gasteiger partial charge on any atom is 0.261 e. The lowest BCUT2D eigenvalue weighted by atomic mass is 10.2. The zero-order chi connectivity index (χ0) is 21.7. The molecule has 0 saturated carbocycles. The van der Waals surface area contributed by atoms with Crippen LogP contribution in [0.15, 0.2) is 76.2 Å². The van der Waals surface area contributed by atoms with Crippen LogP contribution in [-0.4, -0.2) is 39.9 Å². The number of likely N-dealkylation sites (N-methyl/N-ethyl adjacent to an activating group) is 1. The van der Waals surface area contributed by atoms with Gasteiger partial charge in [0.2, 0.25) is 0 Å². The van der Waals surface area contributed by atoms with Crippen molar-refractivity contribution in [1.29, 1.82) is 0 Å². The number of nitrogens with one attached hydrogen (secondary N) is 2. The largest absolute Gasteiger partial charge is 0.468 e. The van der Waals surface area contributed by atoms with Gasteiger partial charge in [0.05, 0.1) is 17.2 Å². The summed E-state index contributed by atoms with van der Waals surface area (Å²) in [6.07, 6.45) is 1.57. The lowest BCUT2D eigenvalue weighted by molar-refractivity contribution is 0.0939. The molecule has 30 heavy (non-hydrogen) atoms. The molecule has 0 bridgehead atoms. The Morgan fingerprint density at radius 2 is 1.83 bits per heavy atom. The van der Waals surface area contributed by atoms with E-state index in [-0.39, 0.29) is 28.7 Å². The van der Waals surface area contributed by atoms with Crippen molar-refractivity contribution < 1.29 is 22.0 Å². The highest BCUT2D eigenvalue weighted by Gasteiger charge is 2.20. The van der Waals surface area contributed by atoms with Gasteiger partial charge in [-0.05, 0) is 68.7 Å². The number of carbonyl (C=O) groups is 1. The summed E-state index contributed by atoms with van der Waals surface area (Å²) in [5.74, 6) is -0.172. The third-order valence-electron chi connectivity index (χ3n) is 4.45. The Morgan fingerprint density at radius 1 is 1.10 bits per heavy atom. The fourth-order valence-electron chi connectivity index (χ4n) is 2.85. The van der Waals surface area contributed by atoms with Gasteiger partial charge >= 0.3 is 0 Å². The minimum atomic E-state index is -3.94. The van der Waals surface area contributed by atoms with Crippen molar-refractivity contribution in [3.63, 3.8) is 0 Å². The Kier molecular flexibility index (Phi) is 6.53. The fraction of sp³-hybridized carbons (Fsp3) is 0.190. The molecule has 0 aliphatic heterocycles. The van der Waals surface area contributed by atoms with Crippen LogP contribution in [0.1, 0.15) is 22.2 Å². The van der Waals surface area contributed by atoms with Gasteiger partial charge < -0.3 is 9.73 Å².